The van der Waals surface area contributed by atoms with Crippen LogP contribution in [0.3, 0.4) is 0 Å². The smallest absolute Gasteiger partial charge is 0.129 e. The lowest BCUT2D eigenvalue weighted by molar-refractivity contribution is -0.129. The van der Waals surface area contributed by atoms with Crippen LogP contribution in [0.5, 0.6) is 0 Å². The van der Waals surface area contributed by atoms with Crippen molar-refractivity contribution in [3.05, 3.63) is 35.9 Å². The molecule has 0 aliphatic carbocycles. The third-order valence-corrected chi connectivity index (χ3v) is 3.63. The van der Waals surface area contributed by atoms with Gasteiger partial charge < -0.3 is 5.21 Å². The normalized spacial score (nSPS) is 13.3. The molecule has 0 aliphatic rings. The fourth-order valence-electron chi connectivity index (χ4n) is 1.74. The van der Waals surface area contributed by atoms with Gasteiger partial charge in [0, 0.05) is 0 Å². The van der Waals surface area contributed by atoms with Crippen molar-refractivity contribution in [2.75, 3.05) is 0 Å². The molecule has 0 aromatic heterocycles. The molecule has 0 radical (unpaired) electrons. The lowest BCUT2D eigenvalue weighted by atomic mass is 10.0. The van der Waals surface area contributed by atoms with Crippen molar-refractivity contribution in [2.45, 2.75) is 46.1 Å². The van der Waals surface area contributed by atoms with Crippen molar-refractivity contribution in [1.29, 1.82) is 0 Å². The Morgan fingerprint density at radius 1 is 1.16 bits per heavy atom. The molecule has 0 saturated carbocycles. The molecule has 1 aromatic rings. The van der Waals surface area contributed by atoms with Crippen molar-refractivity contribution in [1.82, 2.24) is 5.06 Å². The largest absolute Gasteiger partial charge is 0.312 e. The predicted molar refractivity (Wildman–Crippen MR) is 83.5 cm³/mol. The summed E-state index contributed by atoms with van der Waals surface area (Å²) in [6, 6.07) is 9.89. The summed E-state index contributed by atoms with van der Waals surface area (Å²) in [6.07, 6.45) is 0. The Morgan fingerprint density at radius 2 is 1.74 bits per heavy atom. The van der Waals surface area contributed by atoms with Crippen molar-refractivity contribution in [2.24, 2.45) is 5.92 Å². The Bertz CT molecular complexity index is 439. The fourth-order valence-corrected chi connectivity index (χ4v) is 2.33. The first-order valence-electron chi connectivity index (χ1n) is 6.82. The van der Waals surface area contributed by atoms with E-state index in [-0.39, 0.29) is 6.04 Å². The molecule has 0 heterocycles. The summed E-state index contributed by atoms with van der Waals surface area (Å²) in [6.45, 7) is 11.4. The van der Waals surface area contributed by atoms with E-state index in [9.17, 15) is 5.21 Å². The highest BCUT2D eigenvalue weighted by Gasteiger charge is 2.19. The summed E-state index contributed by atoms with van der Waals surface area (Å²) in [5, 5.41) is 11.6. The standard InChI is InChI=1S/C16H25NOSi/c1-14(2)16(11-12-19(3,4)5)17(18)13-15-9-7-6-8-10-15/h6-10,14,16,18H,13H2,1-5H3. The maximum atomic E-state index is 10.3. The van der Waals surface area contributed by atoms with Crippen LogP contribution in [0.4, 0.5) is 0 Å². The summed E-state index contributed by atoms with van der Waals surface area (Å²) in [4.78, 5) is 0. The van der Waals surface area contributed by atoms with Crippen LogP contribution >= 0.6 is 0 Å². The molecule has 1 atom stereocenters. The van der Waals surface area contributed by atoms with Gasteiger partial charge in [-0.15, -0.1) is 5.54 Å². The Labute approximate surface area is 118 Å². The monoisotopic (exact) mass is 275 g/mol. The first kappa shape index (κ1) is 16.0. The summed E-state index contributed by atoms with van der Waals surface area (Å²) in [7, 11) is -1.40. The van der Waals surface area contributed by atoms with Crippen LogP contribution in [0.2, 0.25) is 19.6 Å². The van der Waals surface area contributed by atoms with Gasteiger partial charge in [-0.3, -0.25) is 0 Å². The molecule has 1 aromatic carbocycles. The topological polar surface area (TPSA) is 23.5 Å². The summed E-state index contributed by atoms with van der Waals surface area (Å²) >= 11 is 0. The minimum atomic E-state index is -1.40. The number of benzene rings is 1. The Morgan fingerprint density at radius 3 is 2.21 bits per heavy atom. The summed E-state index contributed by atoms with van der Waals surface area (Å²) in [5.74, 6) is 3.57. The number of hydrogen-bond acceptors (Lipinski definition) is 2. The highest BCUT2D eigenvalue weighted by atomic mass is 28.3. The molecule has 0 amide bonds. The molecule has 1 rings (SSSR count). The third-order valence-electron chi connectivity index (χ3n) is 2.74. The Balaban J connectivity index is 2.79. The van der Waals surface area contributed by atoms with E-state index < -0.39 is 8.07 Å². The maximum Gasteiger partial charge on any atom is 0.129 e. The minimum Gasteiger partial charge on any atom is -0.312 e. The van der Waals surface area contributed by atoms with E-state index in [1.54, 1.807) is 0 Å². The third kappa shape index (κ3) is 6.06. The van der Waals surface area contributed by atoms with Gasteiger partial charge in [0.2, 0.25) is 0 Å². The van der Waals surface area contributed by atoms with Crippen LogP contribution in [-0.2, 0) is 6.54 Å². The molecule has 19 heavy (non-hydrogen) atoms. The van der Waals surface area contributed by atoms with Crippen LogP contribution < -0.4 is 0 Å². The summed E-state index contributed by atoms with van der Waals surface area (Å²) in [5.41, 5.74) is 4.46. The zero-order chi connectivity index (χ0) is 14.5. The predicted octanol–water partition coefficient (Wildman–Crippen LogP) is 3.78. The second kappa shape index (κ2) is 6.90. The van der Waals surface area contributed by atoms with E-state index in [2.05, 4.69) is 45.0 Å². The van der Waals surface area contributed by atoms with Crippen LogP contribution in [-0.4, -0.2) is 24.4 Å². The zero-order valence-corrected chi connectivity index (χ0v) is 13.6. The van der Waals surface area contributed by atoms with Gasteiger partial charge in [-0.05, 0) is 11.5 Å². The van der Waals surface area contributed by atoms with Gasteiger partial charge in [0.25, 0.3) is 0 Å². The molecular weight excluding hydrogens is 250 g/mol. The lowest BCUT2D eigenvalue weighted by Crippen LogP contribution is -2.35. The van der Waals surface area contributed by atoms with E-state index >= 15 is 0 Å². The van der Waals surface area contributed by atoms with E-state index in [1.807, 2.05) is 30.3 Å². The second-order valence-corrected chi connectivity index (χ2v) is 11.0. The Hall–Kier alpha value is -1.08. The van der Waals surface area contributed by atoms with Crippen molar-refractivity contribution >= 4 is 8.07 Å². The van der Waals surface area contributed by atoms with Gasteiger partial charge in [-0.2, -0.15) is 5.06 Å². The number of rotatable bonds is 4. The van der Waals surface area contributed by atoms with Crippen molar-refractivity contribution < 1.29 is 5.21 Å². The Kier molecular flexibility index (Phi) is 5.80. The van der Waals surface area contributed by atoms with Gasteiger partial charge in [-0.25, -0.2) is 0 Å². The highest BCUT2D eigenvalue weighted by molar-refractivity contribution is 6.83. The van der Waals surface area contributed by atoms with Crippen LogP contribution in [0.1, 0.15) is 19.4 Å². The van der Waals surface area contributed by atoms with Gasteiger partial charge in [0.1, 0.15) is 8.07 Å². The molecule has 0 aliphatic heterocycles. The van der Waals surface area contributed by atoms with Gasteiger partial charge >= 0.3 is 0 Å². The molecular formula is C16H25NOSi. The van der Waals surface area contributed by atoms with Crippen molar-refractivity contribution in [3.63, 3.8) is 0 Å². The van der Waals surface area contributed by atoms with Crippen LogP contribution in [0, 0.1) is 17.4 Å². The SMILES string of the molecule is CC(C)C(C#C[Si](C)(C)C)N(O)Cc1ccccc1. The summed E-state index contributed by atoms with van der Waals surface area (Å²) < 4.78 is 0. The average molecular weight is 275 g/mol. The lowest BCUT2D eigenvalue weighted by Gasteiger charge is -2.25. The average Bonchev–Trinajstić information content (AvgIpc) is 2.28. The van der Waals surface area contributed by atoms with Gasteiger partial charge in [-0.1, -0.05) is 69.7 Å². The molecule has 2 nitrogen and oxygen atoms in total. The molecule has 1 unspecified atom stereocenters. The van der Waals surface area contributed by atoms with Gasteiger partial charge in [0.05, 0.1) is 12.6 Å². The minimum absolute atomic E-state index is 0.105. The van der Waals surface area contributed by atoms with Crippen molar-refractivity contribution in [3.8, 4) is 11.5 Å². The van der Waals surface area contributed by atoms with Crippen LogP contribution in [0.15, 0.2) is 30.3 Å². The first-order valence-corrected chi connectivity index (χ1v) is 10.3. The molecule has 3 heteroatoms. The molecule has 104 valence electrons. The van der Waals surface area contributed by atoms with E-state index in [0.29, 0.717) is 12.5 Å². The van der Waals surface area contributed by atoms with E-state index in [0.717, 1.165) is 5.56 Å². The maximum absolute atomic E-state index is 10.3. The van der Waals surface area contributed by atoms with Crippen LogP contribution in [0.25, 0.3) is 0 Å². The first-order chi connectivity index (χ1) is 8.79. The van der Waals surface area contributed by atoms with Gasteiger partial charge in [0.15, 0.2) is 0 Å². The molecule has 1 N–H and O–H groups in total. The molecule has 0 spiro atoms. The quantitative estimate of drug-likeness (QED) is 0.513. The zero-order valence-electron chi connectivity index (χ0n) is 12.6. The second-order valence-electron chi connectivity index (χ2n) is 6.29. The fraction of sp³-hybridized carbons (Fsp3) is 0.500. The highest BCUT2D eigenvalue weighted by Crippen LogP contribution is 2.12. The number of nitrogens with zero attached hydrogens (tertiary/aromatic N) is 1. The molecule has 0 saturated heterocycles. The van der Waals surface area contributed by atoms with E-state index in [1.165, 1.54) is 5.06 Å². The van der Waals surface area contributed by atoms with E-state index in [4.69, 9.17) is 0 Å². The molecule has 0 fully saturated rings. The number of hydrogen-bond donors (Lipinski definition) is 1. The number of hydroxylamine groups is 2. The molecule has 0 bridgehead atoms.